The van der Waals surface area contributed by atoms with Crippen molar-refractivity contribution in [3.8, 4) is 0 Å². The molecule has 2 heterocycles. The zero-order chi connectivity index (χ0) is 13.7. The molecule has 0 saturated carbocycles. The predicted octanol–water partition coefficient (Wildman–Crippen LogP) is 1.42. The molecular formula is C15H23N3O. The number of aromatic nitrogens is 1. The Morgan fingerprint density at radius 2 is 2.21 bits per heavy atom. The third kappa shape index (κ3) is 3.77. The number of rotatable bonds is 4. The summed E-state index contributed by atoms with van der Waals surface area (Å²) < 4.78 is 0. The van der Waals surface area contributed by atoms with Crippen molar-refractivity contribution in [3.63, 3.8) is 0 Å². The molecule has 0 aromatic carbocycles. The van der Waals surface area contributed by atoms with Gasteiger partial charge in [0.05, 0.1) is 5.92 Å². The second kappa shape index (κ2) is 6.66. The molecule has 0 radical (unpaired) electrons. The summed E-state index contributed by atoms with van der Waals surface area (Å²) in [7, 11) is 1.91. The van der Waals surface area contributed by atoms with Crippen LogP contribution in [-0.2, 0) is 11.2 Å². The van der Waals surface area contributed by atoms with Crippen LogP contribution in [-0.4, -0.2) is 53.9 Å². The summed E-state index contributed by atoms with van der Waals surface area (Å²) >= 11 is 0. The van der Waals surface area contributed by atoms with Gasteiger partial charge in [0, 0.05) is 45.0 Å². The molecule has 2 rings (SSSR count). The van der Waals surface area contributed by atoms with Gasteiger partial charge in [0.15, 0.2) is 0 Å². The maximum Gasteiger partial charge on any atom is 0.227 e. The summed E-state index contributed by atoms with van der Waals surface area (Å²) in [6.45, 7) is 5.92. The van der Waals surface area contributed by atoms with Crippen LogP contribution in [0.2, 0.25) is 0 Å². The van der Waals surface area contributed by atoms with E-state index in [2.05, 4.69) is 16.8 Å². The van der Waals surface area contributed by atoms with Crippen molar-refractivity contribution in [2.75, 3.05) is 33.2 Å². The fourth-order valence-corrected chi connectivity index (χ4v) is 2.64. The number of hydrogen-bond donors (Lipinski definition) is 0. The van der Waals surface area contributed by atoms with Gasteiger partial charge in [-0.2, -0.15) is 0 Å². The molecule has 1 fully saturated rings. The van der Waals surface area contributed by atoms with Gasteiger partial charge in [-0.15, -0.1) is 0 Å². The maximum absolute atomic E-state index is 12.4. The standard InChI is InChI=1S/C15H23N3O/c1-3-8-18-10-9-17(2)15(19)13(12-18)11-14-6-4-5-7-16-14/h4-7,13H,3,8-12H2,1-2H3/t13-/m1/s1. The van der Waals surface area contributed by atoms with Crippen molar-refractivity contribution in [2.24, 2.45) is 5.92 Å². The Morgan fingerprint density at radius 1 is 1.37 bits per heavy atom. The van der Waals surface area contributed by atoms with Crippen molar-refractivity contribution >= 4 is 5.91 Å². The Hall–Kier alpha value is -1.42. The minimum Gasteiger partial charge on any atom is -0.344 e. The van der Waals surface area contributed by atoms with Crippen molar-refractivity contribution in [2.45, 2.75) is 19.8 Å². The first kappa shape index (κ1) is 14.0. The number of carbonyl (C=O) groups excluding carboxylic acids is 1. The van der Waals surface area contributed by atoms with Crippen LogP contribution in [0.3, 0.4) is 0 Å². The highest BCUT2D eigenvalue weighted by molar-refractivity contribution is 5.79. The average Bonchev–Trinajstić information content (AvgIpc) is 2.55. The lowest BCUT2D eigenvalue weighted by molar-refractivity contribution is -0.133. The van der Waals surface area contributed by atoms with Gasteiger partial charge < -0.3 is 9.80 Å². The predicted molar refractivity (Wildman–Crippen MR) is 75.8 cm³/mol. The summed E-state index contributed by atoms with van der Waals surface area (Å²) in [5.74, 6) is 0.290. The molecule has 1 amide bonds. The molecule has 0 aliphatic carbocycles. The highest BCUT2D eigenvalue weighted by Gasteiger charge is 2.28. The molecule has 4 heteroatoms. The highest BCUT2D eigenvalue weighted by atomic mass is 16.2. The Bertz CT molecular complexity index is 407. The Kier molecular flexibility index (Phi) is 4.91. The van der Waals surface area contributed by atoms with E-state index in [1.807, 2.05) is 30.1 Å². The molecule has 1 aliphatic heterocycles. The molecule has 1 saturated heterocycles. The van der Waals surface area contributed by atoms with E-state index in [1.54, 1.807) is 6.20 Å². The monoisotopic (exact) mass is 261 g/mol. The lowest BCUT2D eigenvalue weighted by Gasteiger charge is -2.22. The first-order valence-corrected chi connectivity index (χ1v) is 7.08. The van der Waals surface area contributed by atoms with Gasteiger partial charge in [-0.3, -0.25) is 9.78 Å². The minimum atomic E-state index is 0.0361. The van der Waals surface area contributed by atoms with Gasteiger partial charge in [-0.1, -0.05) is 13.0 Å². The van der Waals surface area contributed by atoms with Gasteiger partial charge in [-0.25, -0.2) is 0 Å². The van der Waals surface area contributed by atoms with E-state index in [0.717, 1.165) is 44.7 Å². The van der Waals surface area contributed by atoms with Crippen LogP contribution in [0.25, 0.3) is 0 Å². The van der Waals surface area contributed by atoms with Gasteiger partial charge in [0.2, 0.25) is 5.91 Å². The Morgan fingerprint density at radius 3 is 2.89 bits per heavy atom. The second-order valence-corrected chi connectivity index (χ2v) is 5.28. The zero-order valence-electron chi connectivity index (χ0n) is 11.9. The summed E-state index contributed by atoms with van der Waals surface area (Å²) in [6.07, 6.45) is 3.67. The minimum absolute atomic E-state index is 0.0361. The number of pyridine rings is 1. The normalized spacial score (nSPS) is 21.5. The quantitative estimate of drug-likeness (QED) is 0.822. The average molecular weight is 261 g/mol. The SMILES string of the molecule is CCCN1CCN(C)C(=O)[C@H](Cc2ccccn2)C1. The molecule has 104 valence electrons. The molecule has 0 spiro atoms. The van der Waals surface area contributed by atoms with Crippen LogP contribution in [0.1, 0.15) is 19.0 Å². The van der Waals surface area contributed by atoms with E-state index in [1.165, 1.54) is 0 Å². The molecule has 1 aliphatic rings. The molecule has 1 atom stereocenters. The first-order chi connectivity index (χ1) is 9.20. The lowest BCUT2D eigenvalue weighted by atomic mass is 10.0. The molecule has 19 heavy (non-hydrogen) atoms. The molecular weight excluding hydrogens is 238 g/mol. The number of likely N-dealkylation sites (N-methyl/N-ethyl adjacent to an activating group) is 1. The van der Waals surface area contributed by atoms with Crippen molar-refractivity contribution < 1.29 is 4.79 Å². The van der Waals surface area contributed by atoms with Gasteiger partial charge in [0.25, 0.3) is 0 Å². The third-order valence-electron chi connectivity index (χ3n) is 3.68. The first-order valence-electron chi connectivity index (χ1n) is 7.08. The lowest BCUT2D eigenvalue weighted by Crippen LogP contribution is -2.35. The number of nitrogens with zero attached hydrogens (tertiary/aromatic N) is 3. The van der Waals surface area contributed by atoms with Gasteiger partial charge in [0.1, 0.15) is 0 Å². The summed E-state index contributed by atoms with van der Waals surface area (Å²) in [5, 5.41) is 0. The maximum atomic E-state index is 12.4. The van der Waals surface area contributed by atoms with Gasteiger partial charge >= 0.3 is 0 Å². The van der Waals surface area contributed by atoms with Gasteiger partial charge in [-0.05, 0) is 25.1 Å². The van der Waals surface area contributed by atoms with Crippen LogP contribution in [0.5, 0.6) is 0 Å². The van der Waals surface area contributed by atoms with Crippen molar-refractivity contribution in [1.29, 1.82) is 0 Å². The van der Waals surface area contributed by atoms with E-state index in [4.69, 9.17) is 0 Å². The number of amides is 1. The Labute approximate surface area is 115 Å². The summed E-state index contributed by atoms with van der Waals surface area (Å²) in [4.78, 5) is 21.0. The molecule has 1 aromatic heterocycles. The summed E-state index contributed by atoms with van der Waals surface area (Å²) in [6, 6.07) is 5.90. The van der Waals surface area contributed by atoms with Crippen LogP contribution < -0.4 is 0 Å². The van der Waals surface area contributed by atoms with E-state index in [-0.39, 0.29) is 11.8 Å². The number of hydrogen-bond acceptors (Lipinski definition) is 3. The van der Waals surface area contributed by atoms with Crippen LogP contribution >= 0.6 is 0 Å². The van der Waals surface area contributed by atoms with Crippen LogP contribution in [0.4, 0.5) is 0 Å². The van der Waals surface area contributed by atoms with Crippen LogP contribution in [0, 0.1) is 5.92 Å². The van der Waals surface area contributed by atoms with E-state index < -0.39 is 0 Å². The van der Waals surface area contributed by atoms with Crippen molar-refractivity contribution in [1.82, 2.24) is 14.8 Å². The Balaban J connectivity index is 2.08. The molecule has 4 nitrogen and oxygen atoms in total. The summed E-state index contributed by atoms with van der Waals surface area (Å²) in [5.41, 5.74) is 1.01. The smallest absolute Gasteiger partial charge is 0.227 e. The van der Waals surface area contributed by atoms with Crippen LogP contribution in [0.15, 0.2) is 24.4 Å². The topological polar surface area (TPSA) is 36.4 Å². The zero-order valence-corrected chi connectivity index (χ0v) is 11.9. The third-order valence-corrected chi connectivity index (χ3v) is 3.68. The van der Waals surface area contributed by atoms with Crippen molar-refractivity contribution in [3.05, 3.63) is 30.1 Å². The molecule has 0 N–H and O–H groups in total. The fourth-order valence-electron chi connectivity index (χ4n) is 2.64. The molecule has 0 unspecified atom stereocenters. The van der Waals surface area contributed by atoms with E-state index in [9.17, 15) is 4.79 Å². The molecule has 0 bridgehead atoms. The van der Waals surface area contributed by atoms with E-state index >= 15 is 0 Å². The molecule has 1 aromatic rings. The largest absolute Gasteiger partial charge is 0.344 e. The second-order valence-electron chi connectivity index (χ2n) is 5.28. The van der Waals surface area contributed by atoms with E-state index in [0.29, 0.717) is 0 Å². The fraction of sp³-hybridized carbons (Fsp3) is 0.600. The highest BCUT2D eigenvalue weighted by Crippen LogP contribution is 2.15. The number of carbonyl (C=O) groups is 1.